The summed E-state index contributed by atoms with van der Waals surface area (Å²) >= 11 is 0. The zero-order valence-corrected chi connectivity index (χ0v) is 24.9. The number of halogens is 6. The number of benzene rings is 3. The number of alkyl halides is 2. The molecule has 1 aliphatic carbocycles. The molecular weight excluding hydrogens is 596 g/mol. The Labute approximate surface area is 258 Å². The molecular formula is C35H35F6NO3. The molecule has 5 rings (SSSR count). The van der Waals surface area contributed by atoms with Crippen LogP contribution in [0.25, 0.3) is 11.1 Å². The third-order valence-electron chi connectivity index (χ3n) is 8.78. The molecule has 0 unspecified atom stereocenters. The van der Waals surface area contributed by atoms with Gasteiger partial charge in [0, 0.05) is 23.5 Å². The summed E-state index contributed by atoms with van der Waals surface area (Å²) in [6, 6.07) is 9.55. The molecule has 1 heterocycles. The van der Waals surface area contributed by atoms with E-state index in [0.717, 1.165) is 68.5 Å². The summed E-state index contributed by atoms with van der Waals surface area (Å²) in [5.41, 5.74) is -1.60. The summed E-state index contributed by atoms with van der Waals surface area (Å²) < 4.78 is 106. The van der Waals surface area contributed by atoms with E-state index in [4.69, 9.17) is 14.7 Å². The largest absolute Gasteiger partial charge is 0.432 e. The highest BCUT2D eigenvalue weighted by Gasteiger charge is 2.42. The van der Waals surface area contributed by atoms with Gasteiger partial charge >= 0.3 is 6.11 Å². The van der Waals surface area contributed by atoms with E-state index in [2.05, 4.69) is 11.7 Å². The second-order valence-corrected chi connectivity index (χ2v) is 11.9. The van der Waals surface area contributed by atoms with Crippen LogP contribution in [-0.4, -0.2) is 19.5 Å². The third-order valence-corrected chi connectivity index (χ3v) is 8.78. The Balaban J connectivity index is 1.21. The monoisotopic (exact) mass is 631 g/mol. The van der Waals surface area contributed by atoms with Gasteiger partial charge in [-0.1, -0.05) is 32.3 Å². The number of ether oxygens (including phenoxy) is 3. The van der Waals surface area contributed by atoms with Crippen LogP contribution >= 0.6 is 0 Å². The molecule has 0 atom stereocenters. The highest BCUT2D eigenvalue weighted by Crippen LogP contribution is 2.42. The van der Waals surface area contributed by atoms with E-state index >= 15 is 17.6 Å². The average Bonchev–Trinajstić information content (AvgIpc) is 3.01. The van der Waals surface area contributed by atoms with Gasteiger partial charge in [0.1, 0.15) is 40.7 Å². The molecule has 0 bridgehead atoms. The maximum absolute atomic E-state index is 15.1. The van der Waals surface area contributed by atoms with Gasteiger partial charge in [0.05, 0.1) is 18.8 Å². The molecule has 3 aromatic rings. The molecule has 0 spiro atoms. The normalized spacial score (nSPS) is 22.2. The fourth-order valence-electron chi connectivity index (χ4n) is 6.28. The van der Waals surface area contributed by atoms with Crippen LogP contribution in [0.3, 0.4) is 0 Å². The molecule has 1 aliphatic heterocycles. The predicted octanol–water partition coefficient (Wildman–Crippen LogP) is 9.75. The van der Waals surface area contributed by atoms with Crippen LogP contribution in [0.4, 0.5) is 26.3 Å². The number of unbranched alkanes of at least 4 members (excludes halogenated alkanes) is 2. The molecule has 3 aromatic carbocycles. The Morgan fingerprint density at radius 2 is 1.53 bits per heavy atom. The third kappa shape index (κ3) is 7.64. The Bertz CT molecular complexity index is 1500. The second-order valence-electron chi connectivity index (χ2n) is 11.9. The zero-order valence-electron chi connectivity index (χ0n) is 24.9. The molecule has 4 nitrogen and oxygen atoms in total. The fraction of sp³-hybridized carbons (Fsp3) is 0.457. The Morgan fingerprint density at radius 1 is 0.844 bits per heavy atom. The van der Waals surface area contributed by atoms with E-state index in [1.54, 1.807) is 6.07 Å². The average molecular weight is 632 g/mol. The van der Waals surface area contributed by atoms with Gasteiger partial charge in [-0.25, -0.2) is 17.6 Å². The molecule has 0 radical (unpaired) electrons. The first-order chi connectivity index (χ1) is 21.6. The molecule has 0 amide bonds. The van der Waals surface area contributed by atoms with Crippen molar-refractivity contribution in [1.29, 1.82) is 5.26 Å². The number of rotatable bonds is 10. The topological polar surface area (TPSA) is 51.5 Å². The van der Waals surface area contributed by atoms with Crippen molar-refractivity contribution in [3.63, 3.8) is 0 Å². The van der Waals surface area contributed by atoms with Gasteiger partial charge in [-0.05, 0) is 85.5 Å². The summed E-state index contributed by atoms with van der Waals surface area (Å²) in [7, 11) is 0. The van der Waals surface area contributed by atoms with Gasteiger partial charge in [0.25, 0.3) is 0 Å². The van der Waals surface area contributed by atoms with Crippen LogP contribution in [0.2, 0.25) is 0 Å². The van der Waals surface area contributed by atoms with Gasteiger partial charge in [-0.2, -0.15) is 14.0 Å². The van der Waals surface area contributed by atoms with Gasteiger partial charge in [0.15, 0.2) is 6.29 Å². The van der Waals surface area contributed by atoms with Crippen molar-refractivity contribution in [2.75, 3.05) is 13.2 Å². The van der Waals surface area contributed by atoms with Crippen LogP contribution in [-0.2, 0) is 15.6 Å². The van der Waals surface area contributed by atoms with Crippen molar-refractivity contribution in [2.24, 2.45) is 11.8 Å². The van der Waals surface area contributed by atoms with Crippen molar-refractivity contribution >= 4 is 0 Å². The van der Waals surface area contributed by atoms with Gasteiger partial charge in [0.2, 0.25) is 0 Å². The van der Waals surface area contributed by atoms with Crippen LogP contribution in [0.5, 0.6) is 5.75 Å². The lowest BCUT2D eigenvalue weighted by Crippen LogP contribution is -2.38. The first-order valence-corrected chi connectivity index (χ1v) is 15.4. The number of hydrogen-bond acceptors (Lipinski definition) is 4. The number of nitriles is 1. The smallest absolute Gasteiger partial charge is 0.429 e. The van der Waals surface area contributed by atoms with Crippen molar-refractivity contribution in [1.82, 2.24) is 0 Å². The van der Waals surface area contributed by atoms with E-state index in [9.17, 15) is 8.78 Å². The van der Waals surface area contributed by atoms with Crippen LogP contribution < -0.4 is 4.74 Å². The zero-order chi connectivity index (χ0) is 32.1. The van der Waals surface area contributed by atoms with Crippen molar-refractivity contribution in [2.45, 2.75) is 76.6 Å². The second kappa shape index (κ2) is 14.3. The quantitative estimate of drug-likeness (QED) is 0.165. The standard InChI is InChI=1S/C35H35F6NO3/c1-2-3-4-5-21-19-43-34(44-20-21)23-8-6-22(7-9-23)26-15-31(38)33(32(39)16-26)35(40,41)45-27-12-13-28(30(37)17-27)24-10-11-25(18-42)29(36)14-24/h10-17,21-23,34H,2-9,19-20H2,1H3. The van der Waals surface area contributed by atoms with Crippen LogP contribution in [0.1, 0.15) is 80.9 Å². The van der Waals surface area contributed by atoms with E-state index in [-0.39, 0.29) is 40.4 Å². The van der Waals surface area contributed by atoms with Gasteiger partial charge in [-0.15, -0.1) is 0 Å². The van der Waals surface area contributed by atoms with E-state index in [0.29, 0.717) is 38.0 Å². The molecule has 45 heavy (non-hydrogen) atoms. The minimum atomic E-state index is -4.46. The Morgan fingerprint density at radius 3 is 2.13 bits per heavy atom. The summed E-state index contributed by atoms with van der Waals surface area (Å²) in [5, 5.41) is 8.87. The molecule has 240 valence electrons. The van der Waals surface area contributed by atoms with Crippen LogP contribution in [0, 0.1) is 46.4 Å². The molecule has 0 N–H and O–H groups in total. The molecule has 2 fully saturated rings. The highest BCUT2D eigenvalue weighted by molar-refractivity contribution is 5.66. The lowest BCUT2D eigenvalue weighted by molar-refractivity contribution is -0.229. The minimum Gasteiger partial charge on any atom is -0.429 e. The SMILES string of the molecule is CCCCCC1COC(C2CCC(c3cc(F)c(C(F)(F)Oc4ccc(-c5ccc(C#N)c(F)c5)c(F)c4)c(F)c3)CC2)OC1. The molecule has 0 aromatic heterocycles. The van der Waals surface area contributed by atoms with Crippen LogP contribution in [0.15, 0.2) is 48.5 Å². The number of nitrogens with zero attached hydrogens (tertiary/aromatic N) is 1. The fourth-order valence-corrected chi connectivity index (χ4v) is 6.28. The first-order valence-electron chi connectivity index (χ1n) is 15.4. The predicted molar refractivity (Wildman–Crippen MR) is 155 cm³/mol. The summed E-state index contributed by atoms with van der Waals surface area (Å²) in [6.45, 7) is 3.49. The Hall–Kier alpha value is -3.55. The summed E-state index contributed by atoms with van der Waals surface area (Å²) in [5.74, 6) is -5.17. The molecule has 2 aliphatic rings. The van der Waals surface area contributed by atoms with E-state index in [1.165, 1.54) is 12.5 Å². The van der Waals surface area contributed by atoms with E-state index < -0.39 is 40.7 Å². The highest BCUT2D eigenvalue weighted by atomic mass is 19.3. The summed E-state index contributed by atoms with van der Waals surface area (Å²) in [6.07, 6.45) is 2.48. The summed E-state index contributed by atoms with van der Waals surface area (Å²) in [4.78, 5) is 0. The number of hydrogen-bond donors (Lipinski definition) is 0. The maximum atomic E-state index is 15.1. The minimum absolute atomic E-state index is 0.0641. The van der Waals surface area contributed by atoms with Crippen molar-refractivity contribution in [3.05, 3.63) is 88.5 Å². The Kier molecular flexibility index (Phi) is 10.4. The molecule has 1 saturated carbocycles. The maximum Gasteiger partial charge on any atom is 0.432 e. The van der Waals surface area contributed by atoms with E-state index in [1.807, 2.05) is 0 Å². The van der Waals surface area contributed by atoms with Gasteiger partial charge in [-0.3, -0.25) is 0 Å². The lowest BCUT2D eigenvalue weighted by Gasteiger charge is -2.37. The van der Waals surface area contributed by atoms with Crippen molar-refractivity contribution < 1.29 is 40.6 Å². The lowest BCUT2D eigenvalue weighted by atomic mass is 9.78. The van der Waals surface area contributed by atoms with Crippen molar-refractivity contribution in [3.8, 4) is 22.9 Å². The molecule has 1 saturated heterocycles. The van der Waals surface area contributed by atoms with Gasteiger partial charge < -0.3 is 14.2 Å². The first kappa shape index (κ1) is 32.8. The molecule has 10 heteroatoms.